The molecule has 6 heterocycles. The van der Waals surface area contributed by atoms with Gasteiger partial charge in [-0.2, -0.15) is 0 Å². The molecule has 49 heavy (non-hydrogen) atoms. The molecule has 2 fully saturated rings. The number of para-hydroxylation sites is 2. The molecule has 0 aromatic heterocycles. The van der Waals surface area contributed by atoms with E-state index in [1.54, 1.807) is 0 Å². The summed E-state index contributed by atoms with van der Waals surface area (Å²) in [5.74, 6) is -0.952. The minimum absolute atomic E-state index is 0.000898. The molecule has 3 N–H and O–H groups in total. The maximum absolute atomic E-state index is 12.7. The molecule has 0 amide bonds. The Morgan fingerprint density at radius 2 is 1.24 bits per heavy atom. The molecular weight excluding hydrogens is 612 g/mol. The van der Waals surface area contributed by atoms with E-state index in [1.165, 1.54) is 18.2 Å². The standard InChI is InChI=1S/C21H24N2O2.C20H22N2O2/c1-3-20-9-6-11-23-12-10-21(19(20)23)15-7-4-5-8-16(15)22-17(21)14(13-20)18(24)25-2;1-2-19-8-5-10-22-11-9-20(18(19)22)14-6-3-4-7-15(14)21-16(20)13(12-19)17(23)24/h4-9,19,22H,3,10-13H2,1-2H3;3-8,18,21H,2,9-12H2,1H3,(H,23,24)/t19-,20-,21-;18-,19-,20-/m00/s1. The molecule has 0 bridgehead atoms. The molecule has 2 aromatic rings. The number of carbonyl (C=O) groups is 2. The van der Waals surface area contributed by atoms with Crippen LogP contribution in [0.25, 0.3) is 0 Å². The molecule has 2 spiro atoms. The molecule has 254 valence electrons. The zero-order valence-corrected chi connectivity index (χ0v) is 28.7. The summed E-state index contributed by atoms with van der Waals surface area (Å²) < 4.78 is 5.19. The van der Waals surface area contributed by atoms with Crippen molar-refractivity contribution in [1.82, 2.24) is 9.80 Å². The average Bonchev–Trinajstić information content (AvgIpc) is 3.90. The lowest BCUT2D eigenvalue weighted by molar-refractivity contribution is -0.137. The number of hydrogen-bond acceptors (Lipinski definition) is 7. The molecule has 0 radical (unpaired) electrons. The Bertz CT molecular complexity index is 1910. The first-order valence-electron chi connectivity index (χ1n) is 18.1. The maximum atomic E-state index is 12.7. The Balaban J connectivity index is 0.000000133. The normalized spacial score (nSPS) is 35.6. The van der Waals surface area contributed by atoms with E-state index in [1.807, 2.05) is 6.07 Å². The molecule has 0 saturated carbocycles. The van der Waals surface area contributed by atoms with Crippen LogP contribution in [-0.2, 0) is 25.2 Å². The number of methoxy groups -OCH3 is 1. The van der Waals surface area contributed by atoms with Crippen LogP contribution < -0.4 is 10.6 Å². The SMILES string of the molecule is CC[C@]12C=CCN3CC[C@]4(C(=C(C(=O)O)C1)Nc1ccccc14)[C@@H]32.CC[C@]12C=CCN3CC[C@]4(C(=C(C(=O)OC)C1)Nc1ccccc14)[C@@H]32. The van der Waals surface area contributed by atoms with Crippen LogP contribution in [0.4, 0.5) is 11.4 Å². The lowest BCUT2D eigenvalue weighted by Crippen LogP contribution is -2.58. The van der Waals surface area contributed by atoms with E-state index < -0.39 is 5.97 Å². The highest BCUT2D eigenvalue weighted by Crippen LogP contribution is 2.65. The van der Waals surface area contributed by atoms with Crippen molar-refractivity contribution in [3.05, 3.63) is 107 Å². The van der Waals surface area contributed by atoms with Crippen LogP contribution in [0.15, 0.2) is 95.4 Å². The Kier molecular flexibility index (Phi) is 6.73. The van der Waals surface area contributed by atoms with Gasteiger partial charge in [0.25, 0.3) is 0 Å². The first kappa shape index (κ1) is 30.9. The summed E-state index contributed by atoms with van der Waals surface area (Å²) in [4.78, 5) is 30.0. The van der Waals surface area contributed by atoms with Gasteiger partial charge in [0.15, 0.2) is 0 Å². The van der Waals surface area contributed by atoms with Crippen LogP contribution in [0, 0.1) is 10.8 Å². The number of fused-ring (bicyclic) bond motifs is 2. The van der Waals surface area contributed by atoms with Gasteiger partial charge in [-0.05, 0) is 61.8 Å². The van der Waals surface area contributed by atoms with Crippen LogP contribution in [-0.4, -0.2) is 72.2 Å². The topological polar surface area (TPSA) is 94.1 Å². The predicted octanol–water partition coefficient (Wildman–Crippen LogP) is 6.35. The predicted molar refractivity (Wildman–Crippen MR) is 190 cm³/mol. The number of nitrogens with zero attached hydrogens (tertiary/aromatic N) is 2. The molecular formula is C41H46N4O4. The number of aliphatic carboxylic acids is 1. The summed E-state index contributed by atoms with van der Waals surface area (Å²) in [6.45, 7) is 8.56. The van der Waals surface area contributed by atoms with Crippen molar-refractivity contribution in [3.8, 4) is 0 Å². The lowest BCUT2D eigenvalue weighted by Gasteiger charge is -2.53. The van der Waals surface area contributed by atoms with Gasteiger partial charge in [0, 0.05) is 71.9 Å². The number of hydrogen-bond donors (Lipinski definition) is 3. The fraction of sp³-hybridized carbons (Fsp3) is 0.463. The summed E-state index contributed by atoms with van der Waals surface area (Å²) in [6.07, 6.45) is 14.7. The molecule has 6 atom stereocenters. The van der Waals surface area contributed by atoms with E-state index in [0.29, 0.717) is 24.1 Å². The van der Waals surface area contributed by atoms with Gasteiger partial charge in [-0.1, -0.05) is 74.5 Å². The van der Waals surface area contributed by atoms with Crippen LogP contribution in [0.2, 0.25) is 0 Å². The first-order chi connectivity index (χ1) is 23.8. The van der Waals surface area contributed by atoms with E-state index in [4.69, 9.17) is 4.74 Å². The fourth-order valence-corrected chi connectivity index (χ4v) is 11.9. The average molecular weight is 659 g/mol. The molecule has 2 saturated heterocycles. The highest BCUT2D eigenvalue weighted by atomic mass is 16.5. The molecule has 6 aliphatic heterocycles. The Labute approximate surface area is 288 Å². The third-order valence-corrected chi connectivity index (χ3v) is 13.8. The molecule has 8 nitrogen and oxygen atoms in total. The van der Waals surface area contributed by atoms with Crippen molar-refractivity contribution in [1.29, 1.82) is 0 Å². The smallest absolute Gasteiger partial charge is 0.335 e. The number of carboxylic acids is 1. The van der Waals surface area contributed by atoms with Crippen molar-refractivity contribution in [3.63, 3.8) is 0 Å². The molecule has 2 aliphatic carbocycles. The van der Waals surface area contributed by atoms with Crippen molar-refractivity contribution < 1.29 is 19.4 Å². The summed E-state index contributed by atoms with van der Waals surface area (Å²) in [7, 11) is 1.49. The van der Waals surface area contributed by atoms with E-state index in [0.717, 1.165) is 86.6 Å². The van der Waals surface area contributed by atoms with Gasteiger partial charge in [-0.3, -0.25) is 9.80 Å². The largest absolute Gasteiger partial charge is 0.478 e. The molecule has 8 aliphatic rings. The summed E-state index contributed by atoms with van der Waals surface area (Å²) in [5.41, 5.74) is 8.00. The molecule has 8 heteroatoms. The number of anilines is 2. The number of benzene rings is 2. The lowest BCUT2D eigenvalue weighted by atomic mass is 9.55. The Morgan fingerprint density at radius 1 is 0.776 bits per heavy atom. The number of carbonyl (C=O) groups excluding carboxylic acids is 1. The zero-order chi connectivity index (χ0) is 33.8. The maximum Gasteiger partial charge on any atom is 0.335 e. The van der Waals surface area contributed by atoms with Crippen LogP contribution >= 0.6 is 0 Å². The van der Waals surface area contributed by atoms with E-state index in [9.17, 15) is 14.7 Å². The van der Waals surface area contributed by atoms with E-state index in [-0.39, 0.29) is 27.6 Å². The van der Waals surface area contributed by atoms with Crippen molar-refractivity contribution >= 4 is 23.3 Å². The van der Waals surface area contributed by atoms with Crippen LogP contribution in [0.5, 0.6) is 0 Å². The minimum atomic E-state index is -0.770. The number of nitrogens with one attached hydrogen (secondary N) is 2. The van der Waals surface area contributed by atoms with Gasteiger partial charge >= 0.3 is 11.9 Å². The molecule has 10 rings (SSSR count). The number of rotatable bonds is 4. The third-order valence-electron chi connectivity index (χ3n) is 13.8. The minimum Gasteiger partial charge on any atom is -0.478 e. The second kappa shape index (κ2) is 10.7. The highest BCUT2D eigenvalue weighted by molar-refractivity contribution is 5.93. The van der Waals surface area contributed by atoms with Crippen LogP contribution in [0.3, 0.4) is 0 Å². The second-order valence-electron chi connectivity index (χ2n) is 15.4. The van der Waals surface area contributed by atoms with E-state index in [2.05, 4.69) is 101 Å². The number of carboxylic acid groups (broad SMARTS) is 1. The Morgan fingerprint density at radius 3 is 1.71 bits per heavy atom. The van der Waals surface area contributed by atoms with E-state index >= 15 is 0 Å². The molecule has 0 unspecified atom stereocenters. The number of esters is 1. The molecule has 2 aromatic carbocycles. The van der Waals surface area contributed by atoms with Crippen LogP contribution in [0.1, 0.15) is 63.5 Å². The van der Waals surface area contributed by atoms with Gasteiger partial charge in [-0.25, -0.2) is 9.59 Å². The van der Waals surface area contributed by atoms with Gasteiger partial charge in [-0.15, -0.1) is 0 Å². The van der Waals surface area contributed by atoms with Crippen molar-refractivity contribution in [2.24, 2.45) is 10.8 Å². The quantitative estimate of drug-likeness (QED) is 0.259. The Hall–Kier alpha value is -4.14. The first-order valence-corrected chi connectivity index (χ1v) is 18.1. The van der Waals surface area contributed by atoms with Gasteiger partial charge in [0.05, 0.1) is 29.1 Å². The zero-order valence-electron chi connectivity index (χ0n) is 28.7. The van der Waals surface area contributed by atoms with Gasteiger partial charge in [0.1, 0.15) is 0 Å². The summed E-state index contributed by atoms with van der Waals surface area (Å²) >= 11 is 0. The highest BCUT2D eigenvalue weighted by Gasteiger charge is 2.66. The monoisotopic (exact) mass is 658 g/mol. The summed E-state index contributed by atoms with van der Waals surface area (Å²) in [6, 6.07) is 17.7. The number of ether oxygens (including phenoxy) is 1. The van der Waals surface area contributed by atoms with Gasteiger partial charge < -0.3 is 20.5 Å². The summed E-state index contributed by atoms with van der Waals surface area (Å²) in [5, 5.41) is 17.1. The van der Waals surface area contributed by atoms with Gasteiger partial charge in [0.2, 0.25) is 0 Å². The van der Waals surface area contributed by atoms with Crippen molar-refractivity contribution in [2.45, 2.75) is 75.3 Å². The second-order valence-corrected chi connectivity index (χ2v) is 15.4. The van der Waals surface area contributed by atoms with Crippen molar-refractivity contribution in [2.75, 3.05) is 43.9 Å². The third kappa shape index (κ3) is 3.82. The fourth-order valence-electron chi connectivity index (χ4n) is 11.9.